The van der Waals surface area contributed by atoms with Crippen LogP contribution in [0.15, 0.2) is 55.2 Å². The van der Waals surface area contributed by atoms with Crippen LogP contribution in [0, 0.1) is 0 Å². The fourth-order valence-corrected chi connectivity index (χ4v) is 3.84. The molecule has 26 heavy (non-hydrogen) atoms. The van der Waals surface area contributed by atoms with Crippen LogP contribution < -0.4 is 10.3 Å². The van der Waals surface area contributed by atoms with Crippen molar-refractivity contribution in [3.05, 3.63) is 67.1 Å². The number of ether oxygens (including phenoxy) is 1. The van der Waals surface area contributed by atoms with Crippen LogP contribution in [-0.2, 0) is 0 Å². The molecule has 0 aliphatic heterocycles. The average molecular weight is 479 g/mol. The number of hydrogen-bond donors (Lipinski definition) is 0. The third-order valence-corrected chi connectivity index (χ3v) is 4.91. The van der Waals surface area contributed by atoms with E-state index in [2.05, 4.69) is 41.9 Å². The maximum atomic E-state index is 13.0. The van der Waals surface area contributed by atoms with Crippen molar-refractivity contribution in [2.24, 2.45) is 5.10 Å². The van der Waals surface area contributed by atoms with Crippen LogP contribution in [0.1, 0.15) is 31.2 Å². The zero-order valence-corrected chi connectivity index (χ0v) is 17.7. The number of fused-ring (bicyclic) bond motifs is 1. The fraction of sp³-hybridized carbons (Fsp3) is 0.211. The van der Waals surface area contributed by atoms with Gasteiger partial charge in [0.15, 0.2) is 0 Å². The number of hydrogen-bond acceptors (Lipinski definition) is 4. The van der Waals surface area contributed by atoms with E-state index in [-0.39, 0.29) is 11.5 Å². The van der Waals surface area contributed by atoms with Gasteiger partial charge in [0.2, 0.25) is 0 Å². The first-order valence-corrected chi connectivity index (χ1v) is 9.59. The Balaban J connectivity index is 2.16. The second kappa shape index (κ2) is 7.72. The van der Waals surface area contributed by atoms with Gasteiger partial charge in [0.25, 0.3) is 5.56 Å². The molecule has 1 heterocycles. The lowest BCUT2D eigenvalue weighted by Crippen LogP contribution is -2.23. The predicted octanol–water partition coefficient (Wildman–Crippen LogP) is 4.94. The highest BCUT2D eigenvalue weighted by Gasteiger charge is 2.15. The number of rotatable bonds is 4. The Bertz CT molecular complexity index is 1040. The smallest absolute Gasteiger partial charge is 0.282 e. The summed E-state index contributed by atoms with van der Waals surface area (Å²) >= 11 is 6.91. The molecule has 0 saturated carbocycles. The molecule has 3 rings (SSSR count). The summed E-state index contributed by atoms with van der Waals surface area (Å²) in [6.07, 6.45) is 1.65. The van der Waals surface area contributed by atoms with Crippen LogP contribution in [0.2, 0.25) is 0 Å². The normalized spacial score (nSPS) is 11.6. The van der Waals surface area contributed by atoms with Gasteiger partial charge in [0.1, 0.15) is 11.6 Å². The van der Waals surface area contributed by atoms with Gasteiger partial charge in [-0.15, -0.1) is 0 Å². The van der Waals surface area contributed by atoms with Crippen molar-refractivity contribution in [1.29, 1.82) is 0 Å². The minimum atomic E-state index is -0.203. The van der Waals surface area contributed by atoms with Crippen LogP contribution >= 0.6 is 31.9 Å². The van der Waals surface area contributed by atoms with Crippen molar-refractivity contribution in [2.45, 2.75) is 19.8 Å². The van der Waals surface area contributed by atoms with Crippen LogP contribution in [-0.4, -0.2) is 23.0 Å². The summed E-state index contributed by atoms with van der Waals surface area (Å²) in [5.74, 6) is 1.41. The highest BCUT2D eigenvalue weighted by atomic mass is 79.9. The van der Waals surface area contributed by atoms with Crippen molar-refractivity contribution < 1.29 is 4.74 Å². The Kier molecular flexibility index (Phi) is 5.58. The maximum absolute atomic E-state index is 13.0. The number of benzene rings is 2. The summed E-state index contributed by atoms with van der Waals surface area (Å²) < 4.78 is 8.10. The molecule has 0 aliphatic rings. The van der Waals surface area contributed by atoms with Crippen LogP contribution in [0.5, 0.6) is 5.75 Å². The molecule has 0 fully saturated rings. The van der Waals surface area contributed by atoms with Crippen LogP contribution in [0.4, 0.5) is 0 Å². The first kappa shape index (κ1) is 18.8. The summed E-state index contributed by atoms with van der Waals surface area (Å²) in [6.45, 7) is 3.97. The monoisotopic (exact) mass is 477 g/mol. The van der Waals surface area contributed by atoms with Crippen molar-refractivity contribution in [3.8, 4) is 5.75 Å². The lowest BCUT2D eigenvalue weighted by molar-refractivity contribution is 0.415. The lowest BCUT2D eigenvalue weighted by atomic mass is 10.2. The van der Waals surface area contributed by atoms with E-state index in [1.54, 1.807) is 19.4 Å². The molecule has 0 spiro atoms. The SMILES string of the molecule is COc1ccc(/C=N/n2c(C(C)C)nc3c(Br)cc(Br)cc3c2=O)cc1. The zero-order valence-electron chi connectivity index (χ0n) is 14.5. The van der Waals surface area contributed by atoms with Crippen LogP contribution in [0.25, 0.3) is 10.9 Å². The Morgan fingerprint density at radius 2 is 1.88 bits per heavy atom. The van der Waals surface area contributed by atoms with Crippen molar-refractivity contribution >= 4 is 49.0 Å². The second-order valence-corrected chi connectivity index (χ2v) is 7.81. The summed E-state index contributed by atoms with van der Waals surface area (Å²) in [5, 5.41) is 4.91. The number of nitrogens with zero attached hydrogens (tertiary/aromatic N) is 3. The molecule has 1 aromatic heterocycles. The first-order valence-electron chi connectivity index (χ1n) is 8.01. The number of methoxy groups -OCH3 is 1. The first-order chi connectivity index (χ1) is 12.4. The molecule has 3 aromatic rings. The standard InChI is InChI=1S/C19H17Br2N3O2/c1-11(2)18-23-17-15(8-13(20)9-16(17)21)19(25)24(18)22-10-12-4-6-14(26-3)7-5-12/h4-11H,1-3H3/b22-10+. The highest BCUT2D eigenvalue weighted by molar-refractivity contribution is 9.11. The summed E-state index contributed by atoms with van der Waals surface area (Å²) in [5.41, 5.74) is 1.30. The van der Waals surface area contributed by atoms with E-state index in [4.69, 9.17) is 4.74 Å². The molecule has 0 radical (unpaired) electrons. The van der Waals surface area contributed by atoms with Gasteiger partial charge in [-0.05, 0) is 57.9 Å². The predicted molar refractivity (Wildman–Crippen MR) is 111 cm³/mol. The molecule has 0 aliphatic carbocycles. The topological polar surface area (TPSA) is 56.5 Å². The molecule has 7 heteroatoms. The number of aromatic nitrogens is 2. The van der Waals surface area contributed by atoms with Gasteiger partial charge in [0, 0.05) is 14.9 Å². The van der Waals surface area contributed by atoms with E-state index in [1.165, 1.54) is 4.68 Å². The maximum Gasteiger partial charge on any atom is 0.282 e. The molecule has 0 amide bonds. The summed E-state index contributed by atoms with van der Waals surface area (Å²) in [6, 6.07) is 11.1. The van der Waals surface area contributed by atoms with Gasteiger partial charge in [-0.1, -0.05) is 29.8 Å². The van der Waals surface area contributed by atoms with E-state index >= 15 is 0 Å². The largest absolute Gasteiger partial charge is 0.497 e. The molecule has 0 atom stereocenters. The molecule has 0 saturated heterocycles. The summed E-state index contributed by atoms with van der Waals surface area (Å²) in [7, 11) is 1.62. The zero-order chi connectivity index (χ0) is 18.8. The van der Waals surface area contributed by atoms with E-state index < -0.39 is 0 Å². The van der Waals surface area contributed by atoms with E-state index in [0.29, 0.717) is 16.7 Å². The van der Waals surface area contributed by atoms with E-state index in [9.17, 15) is 4.79 Å². The molecule has 0 N–H and O–H groups in total. The van der Waals surface area contributed by atoms with Gasteiger partial charge in [-0.3, -0.25) is 4.79 Å². The van der Waals surface area contributed by atoms with Crippen LogP contribution in [0.3, 0.4) is 0 Å². The molecule has 5 nitrogen and oxygen atoms in total. The van der Waals surface area contributed by atoms with Crippen molar-refractivity contribution in [1.82, 2.24) is 9.66 Å². The molecule has 134 valence electrons. The second-order valence-electron chi connectivity index (χ2n) is 6.04. The Morgan fingerprint density at radius 3 is 2.50 bits per heavy atom. The highest BCUT2D eigenvalue weighted by Crippen LogP contribution is 2.26. The van der Waals surface area contributed by atoms with Crippen molar-refractivity contribution in [3.63, 3.8) is 0 Å². The van der Waals surface area contributed by atoms with Crippen molar-refractivity contribution in [2.75, 3.05) is 7.11 Å². The average Bonchev–Trinajstić information content (AvgIpc) is 2.61. The third-order valence-electron chi connectivity index (χ3n) is 3.85. The number of halogens is 2. The Hall–Kier alpha value is -1.99. The molecule has 2 aromatic carbocycles. The molecule has 0 bridgehead atoms. The van der Waals surface area contributed by atoms with E-state index in [0.717, 1.165) is 20.3 Å². The Labute approximate surface area is 168 Å². The van der Waals surface area contributed by atoms with Gasteiger partial charge >= 0.3 is 0 Å². The fourth-order valence-electron chi connectivity index (χ4n) is 2.52. The lowest BCUT2D eigenvalue weighted by Gasteiger charge is -2.12. The molecular formula is C19H17Br2N3O2. The Morgan fingerprint density at radius 1 is 1.19 bits per heavy atom. The molecule has 0 unspecified atom stereocenters. The summed E-state index contributed by atoms with van der Waals surface area (Å²) in [4.78, 5) is 17.7. The van der Waals surface area contributed by atoms with E-state index in [1.807, 2.05) is 44.2 Å². The van der Waals surface area contributed by atoms with Gasteiger partial charge in [-0.25, -0.2) is 4.98 Å². The van der Waals surface area contributed by atoms with Gasteiger partial charge < -0.3 is 4.74 Å². The van der Waals surface area contributed by atoms with Gasteiger partial charge in [-0.2, -0.15) is 9.78 Å². The minimum Gasteiger partial charge on any atom is -0.497 e. The van der Waals surface area contributed by atoms with Gasteiger partial charge in [0.05, 0.1) is 24.2 Å². The third kappa shape index (κ3) is 3.73. The molecular weight excluding hydrogens is 462 g/mol. The minimum absolute atomic E-state index is 0.0377. The quantitative estimate of drug-likeness (QED) is 0.499.